The summed E-state index contributed by atoms with van der Waals surface area (Å²) in [5, 5.41) is 18.9. The Morgan fingerprint density at radius 2 is 1.32 bits per heavy atom. The molecule has 0 rings (SSSR count). The van der Waals surface area contributed by atoms with E-state index in [-0.39, 0.29) is 0 Å². The van der Waals surface area contributed by atoms with Crippen LogP contribution in [0.2, 0.25) is 0 Å². The number of hydrogen-bond donors (Lipinski definition) is 7. The molecule has 7 N–H and O–H groups in total. The highest BCUT2D eigenvalue weighted by molar-refractivity contribution is 7.70. The Kier molecular flexibility index (Phi) is 5.84. The fourth-order valence-corrected chi connectivity index (χ4v) is 3.40. The molecular weight excluding hydrogens is 308 g/mol. The van der Waals surface area contributed by atoms with Gasteiger partial charge >= 0.3 is 27.1 Å². The molecule has 0 aliphatic heterocycles. The van der Waals surface area contributed by atoms with Crippen molar-refractivity contribution in [2.75, 3.05) is 0 Å². The standard InChI is InChI=1S/C6H13NO10P2/c1-2(4(8)9)3(5(10)11)7-6(18(12,13)14)19(15,16)17/h2-3,6-7H,1H3,(H,8,9)(H,10,11)(H2,12,13,14)(H2,15,16,17). The average molecular weight is 321 g/mol. The van der Waals surface area contributed by atoms with Crippen LogP contribution in [0, 0.1) is 5.92 Å². The predicted molar refractivity (Wildman–Crippen MR) is 59.2 cm³/mol. The third-order valence-corrected chi connectivity index (χ3v) is 5.50. The zero-order chi connectivity index (χ0) is 15.6. The van der Waals surface area contributed by atoms with Crippen LogP contribution in [-0.2, 0) is 18.7 Å². The highest BCUT2D eigenvalue weighted by Gasteiger charge is 2.47. The maximum Gasteiger partial charge on any atom is 0.354 e. The van der Waals surface area contributed by atoms with Crippen LogP contribution in [0.5, 0.6) is 0 Å². The zero-order valence-corrected chi connectivity index (χ0v) is 11.2. The molecule has 0 saturated heterocycles. The quantitative estimate of drug-likeness (QED) is 0.266. The Labute approximate surface area is 106 Å². The van der Waals surface area contributed by atoms with Gasteiger partial charge in [0.1, 0.15) is 6.04 Å². The number of carboxylic acid groups (broad SMARTS) is 2. The Hall–Kier alpha value is -0.800. The van der Waals surface area contributed by atoms with E-state index in [9.17, 15) is 18.7 Å². The molecule has 0 spiro atoms. The minimum Gasteiger partial charge on any atom is -0.481 e. The van der Waals surface area contributed by atoms with E-state index in [2.05, 4.69) is 0 Å². The smallest absolute Gasteiger partial charge is 0.354 e. The molecular formula is C6H13NO10P2. The highest BCUT2D eigenvalue weighted by Crippen LogP contribution is 2.58. The van der Waals surface area contributed by atoms with Crippen molar-refractivity contribution in [3.05, 3.63) is 0 Å². The number of carboxylic acids is 2. The monoisotopic (exact) mass is 321 g/mol. The van der Waals surface area contributed by atoms with E-state index in [1.54, 1.807) is 0 Å². The van der Waals surface area contributed by atoms with Crippen molar-refractivity contribution in [3.63, 3.8) is 0 Å². The summed E-state index contributed by atoms with van der Waals surface area (Å²) in [7, 11) is -10.8. The summed E-state index contributed by atoms with van der Waals surface area (Å²) in [5.41, 5.74) is -2.79. The van der Waals surface area contributed by atoms with Crippen molar-refractivity contribution in [1.82, 2.24) is 5.32 Å². The van der Waals surface area contributed by atoms with Crippen LogP contribution in [-0.4, -0.2) is 53.3 Å². The van der Waals surface area contributed by atoms with Crippen LogP contribution in [0.1, 0.15) is 6.92 Å². The van der Waals surface area contributed by atoms with Crippen LogP contribution in [0.15, 0.2) is 0 Å². The van der Waals surface area contributed by atoms with Gasteiger partial charge in [0.2, 0.25) is 5.52 Å². The summed E-state index contributed by atoms with van der Waals surface area (Å²) in [5.74, 6) is -5.10. The fourth-order valence-electron chi connectivity index (χ4n) is 1.12. The van der Waals surface area contributed by atoms with Gasteiger partial charge in [0, 0.05) is 0 Å². The summed E-state index contributed by atoms with van der Waals surface area (Å²) in [6, 6.07) is -2.08. The summed E-state index contributed by atoms with van der Waals surface area (Å²) < 4.78 is 21.9. The van der Waals surface area contributed by atoms with Gasteiger partial charge in [0.05, 0.1) is 5.92 Å². The van der Waals surface area contributed by atoms with Crippen molar-refractivity contribution < 1.29 is 48.5 Å². The second-order valence-corrected chi connectivity index (χ2v) is 7.46. The lowest BCUT2D eigenvalue weighted by molar-refractivity contribution is -0.150. The first-order valence-electron chi connectivity index (χ1n) is 4.60. The molecule has 19 heavy (non-hydrogen) atoms. The lowest BCUT2D eigenvalue weighted by Crippen LogP contribution is -2.49. The van der Waals surface area contributed by atoms with Gasteiger partial charge in [-0.15, -0.1) is 0 Å². The molecule has 13 heteroatoms. The Bertz CT molecular complexity index is 429. The molecule has 0 aromatic carbocycles. The second-order valence-electron chi connectivity index (χ2n) is 3.66. The van der Waals surface area contributed by atoms with Gasteiger partial charge in [0.15, 0.2) is 0 Å². The molecule has 2 unspecified atom stereocenters. The minimum atomic E-state index is -5.39. The normalized spacial score (nSPS) is 16.1. The number of nitrogens with one attached hydrogen (secondary N) is 1. The van der Waals surface area contributed by atoms with Crippen LogP contribution in [0.3, 0.4) is 0 Å². The van der Waals surface area contributed by atoms with E-state index in [1.807, 2.05) is 0 Å². The topological polar surface area (TPSA) is 202 Å². The van der Waals surface area contributed by atoms with E-state index < -0.39 is 44.6 Å². The molecule has 0 bridgehead atoms. The van der Waals surface area contributed by atoms with Gasteiger partial charge in [-0.2, -0.15) is 0 Å². The highest BCUT2D eigenvalue weighted by atomic mass is 31.2. The Balaban J connectivity index is 5.42. The van der Waals surface area contributed by atoms with Gasteiger partial charge in [-0.1, -0.05) is 0 Å². The summed E-state index contributed by atoms with van der Waals surface area (Å²) in [6.07, 6.45) is 0. The van der Waals surface area contributed by atoms with Crippen molar-refractivity contribution in [3.8, 4) is 0 Å². The molecule has 2 atom stereocenters. The lowest BCUT2D eigenvalue weighted by Gasteiger charge is -2.26. The van der Waals surface area contributed by atoms with Gasteiger partial charge < -0.3 is 29.8 Å². The van der Waals surface area contributed by atoms with E-state index in [4.69, 9.17) is 29.8 Å². The predicted octanol–water partition coefficient (Wildman–Crippen LogP) is -1.61. The SMILES string of the molecule is CC(C(=O)O)C(NC(P(=O)(O)O)P(=O)(O)O)C(=O)O. The third kappa shape index (κ3) is 5.37. The fraction of sp³-hybridized carbons (Fsp3) is 0.667. The molecule has 0 radical (unpaired) electrons. The molecule has 0 amide bonds. The van der Waals surface area contributed by atoms with E-state index in [1.165, 1.54) is 5.32 Å². The summed E-state index contributed by atoms with van der Waals surface area (Å²) in [6.45, 7) is 0.907. The molecule has 0 aromatic heterocycles. The molecule has 112 valence electrons. The summed E-state index contributed by atoms with van der Waals surface area (Å²) in [4.78, 5) is 56.6. The third-order valence-electron chi connectivity index (χ3n) is 2.12. The van der Waals surface area contributed by atoms with Crippen LogP contribution in [0.4, 0.5) is 0 Å². The van der Waals surface area contributed by atoms with Crippen LogP contribution >= 0.6 is 15.2 Å². The van der Waals surface area contributed by atoms with Crippen LogP contribution in [0.25, 0.3) is 0 Å². The van der Waals surface area contributed by atoms with Gasteiger partial charge in [-0.25, -0.2) is 0 Å². The molecule has 11 nitrogen and oxygen atoms in total. The first-order valence-corrected chi connectivity index (χ1v) is 7.97. The number of carbonyl (C=O) groups is 2. The Morgan fingerprint density at radius 3 is 1.53 bits per heavy atom. The molecule has 0 aliphatic carbocycles. The number of hydrogen-bond acceptors (Lipinski definition) is 5. The Morgan fingerprint density at radius 1 is 0.947 bits per heavy atom. The maximum atomic E-state index is 10.9. The molecule has 0 aliphatic rings. The minimum absolute atomic E-state index is 0.907. The van der Waals surface area contributed by atoms with Gasteiger partial charge in [0.25, 0.3) is 0 Å². The maximum absolute atomic E-state index is 10.9. The lowest BCUT2D eigenvalue weighted by atomic mass is 10.0. The van der Waals surface area contributed by atoms with Crippen molar-refractivity contribution in [2.24, 2.45) is 5.92 Å². The largest absolute Gasteiger partial charge is 0.481 e. The molecule has 0 saturated carbocycles. The zero-order valence-electron chi connectivity index (χ0n) is 9.44. The van der Waals surface area contributed by atoms with E-state index >= 15 is 0 Å². The van der Waals surface area contributed by atoms with Crippen molar-refractivity contribution >= 4 is 27.1 Å². The van der Waals surface area contributed by atoms with Gasteiger partial charge in [-0.05, 0) is 6.92 Å². The first-order chi connectivity index (χ1) is 8.28. The van der Waals surface area contributed by atoms with Crippen molar-refractivity contribution in [2.45, 2.75) is 18.5 Å². The molecule has 0 fully saturated rings. The first kappa shape index (κ1) is 18.2. The van der Waals surface area contributed by atoms with Gasteiger partial charge in [-0.3, -0.25) is 24.0 Å². The number of rotatable bonds is 7. The molecule has 0 aromatic rings. The molecule has 0 heterocycles. The average Bonchev–Trinajstić information content (AvgIpc) is 2.12. The number of aliphatic carboxylic acids is 2. The van der Waals surface area contributed by atoms with E-state index in [0.29, 0.717) is 0 Å². The summed E-state index contributed by atoms with van der Waals surface area (Å²) >= 11 is 0. The van der Waals surface area contributed by atoms with Crippen LogP contribution < -0.4 is 5.32 Å². The second kappa shape index (κ2) is 6.10. The van der Waals surface area contributed by atoms with E-state index in [0.717, 1.165) is 6.92 Å². The van der Waals surface area contributed by atoms with Crippen molar-refractivity contribution in [1.29, 1.82) is 0 Å².